The molecule has 108 valence electrons. The van der Waals surface area contributed by atoms with Crippen LogP contribution >= 0.6 is 0 Å². The van der Waals surface area contributed by atoms with Crippen LogP contribution in [0.2, 0.25) is 0 Å². The number of hydrogen-bond acceptors (Lipinski definition) is 2. The molecule has 1 atom stereocenters. The maximum absolute atomic E-state index is 12.4. The summed E-state index contributed by atoms with van der Waals surface area (Å²) in [4.78, 5) is 25.7. The Morgan fingerprint density at radius 1 is 1.25 bits per heavy atom. The fraction of sp³-hybridized carbons (Fsp3) is 0.500. The molecule has 2 amide bonds. The Balaban J connectivity index is 2.05. The van der Waals surface area contributed by atoms with Crippen molar-refractivity contribution < 1.29 is 9.59 Å². The average Bonchev–Trinajstić information content (AvgIpc) is 2.47. The highest BCUT2D eigenvalue weighted by Gasteiger charge is 2.23. The number of carbonyl (C=O) groups is 2. The summed E-state index contributed by atoms with van der Waals surface area (Å²) in [5, 5.41) is 2.78. The Kier molecular flexibility index (Phi) is 4.77. The van der Waals surface area contributed by atoms with E-state index in [9.17, 15) is 9.59 Å². The van der Waals surface area contributed by atoms with Gasteiger partial charge in [0.25, 0.3) is 5.91 Å². The number of anilines is 1. The van der Waals surface area contributed by atoms with Crippen molar-refractivity contribution in [2.24, 2.45) is 0 Å². The lowest BCUT2D eigenvalue weighted by molar-refractivity contribution is -0.115. The molecule has 0 radical (unpaired) electrons. The van der Waals surface area contributed by atoms with Crippen LogP contribution in [0.25, 0.3) is 0 Å². The van der Waals surface area contributed by atoms with Gasteiger partial charge >= 0.3 is 0 Å². The number of rotatable bonds is 3. The van der Waals surface area contributed by atoms with E-state index in [2.05, 4.69) is 12.2 Å². The molecule has 2 rings (SSSR count). The lowest BCUT2D eigenvalue weighted by Crippen LogP contribution is -2.42. The molecule has 4 heteroatoms. The van der Waals surface area contributed by atoms with Crippen LogP contribution in [-0.4, -0.2) is 29.3 Å². The van der Waals surface area contributed by atoms with Gasteiger partial charge < -0.3 is 10.2 Å². The molecule has 4 nitrogen and oxygen atoms in total. The maximum atomic E-state index is 12.4. The fourth-order valence-corrected chi connectivity index (χ4v) is 2.51. The Labute approximate surface area is 120 Å². The van der Waals surface area contributed by atoms with E-state index in [4.69, 9.17) is 0 Å². The van der Waals surface area contributed by atoms with E-state index in [1.165, 1.54) is 6.42 Å². The first-order valence-corrected chi connectivity index (χ1v) is 7.32. The van der Waals surface area contributed by atoms with Gasteiger partial charge in [0.2, 0.25) is 5.91 Å². The van der Waals surface area contributed by atoms with Gasteiger partial charge in [-0.1, -0.05) is 6.92 Å². The van der Waals surface area contributed by atoms with Crippen LogP contribution in [0.15, 0.2) is 24.3 Å². The summed E-state index contributed by atoms with van der Waals surface area (Å²) in [5.74, 6) is 0.0688. The summed E-state index contributed by atoms with van der Waals surface area (Å²) >= 11 is 0. The largest absolute Gasteiger partial charge is 0.336 e. The highest BCUT2D eigenvalue weighted by molar-refractivity contribution is 5.96. The van der Waals surface area contributed by atoms with Gasteiger partial charge in [-0.15, -0.1) is 0 Å². The molecule has 1 fully saturated rings. The molecule has 0 spiro atoms. The van der Waals surface area contributed by atoms with Crippen molar-refractivity contribution >= 4 is 17.5 Å². The van der Waals surface area contributed by atoms with Crippen molar-refractivity contribution in [1.29, 1.82) is 0 Å². The van der Waals surface area contributed by atoms with Gasteiger partial charge in [-0.05, 0) is 50.5 Å². The summed E-state index contributed by atoms with van der Waals surface area (Å²) in [6.07, 6.45) is 3.82. The Bertz CT molecular complexity index is 482. The molecule has 1 N–H and O–H groups in total. The van der Waals surface area contributed by atoms with Crippen LogP contribution in [0.1, 0.15) is 49.9 Å². The predicted molar refractivity (Wildman–Crippen MR) is 79.7 cm³/mol. The van der Waals surface area contributed by atoms with Gasteiger partial charge in [0.1, 0.15) is 0 Å². The molecule has 0 bridgehead atoms. The van der Waals surface area contributed by atoms with Crippen LogP contribution in [0, 0.1) is 0 Å². The second-order valence-electron chi connectivity index (χ2n) is 5.32. The highest BCUT2D eigenvalue weighted by Crippen LogP contribution is 2.20. The molecule has 1 aromatic rings. The van der Waals surface area contributed by atoms with E-state index in [-0.39, 0.29) is 11.8 Å². The molecule has 1 aliphatic rings. The number of likely N-dealkylation sites (tertiary alicyclic amines) is 1. The third-order valence-electron chi connectivity index (χ3n) is 3.80. The molecule has 1 saturated heterocycles. The normalized spacial score (nSPS) is 18.7. The second kappa shape index (κ2) is 6.55. The minimum Gasteiger partial charge on any atom is -0.336 e. The van der Waals surface area contributed by atoms with Gasteiger partial charge in [0, 0.05) is 30.3 Å². The quantitative estimate of drug-likeness (QED) is 0.921. The van der Waals surface area contributed by atoms with E-state index in [1.54, 1.807) is 24.3 Å². The zero-order chi connectivity index (χ0) is 14.5. The lowest BCUT2D eigenvalue weighted by atomic mass is 10.0. The van der Waals surface area contributed by atoms with Gasteiger partial charge in [-0.3, -0.25) is 9.59 Å². The molecule has 20 heavy (non-hydrogen) atoms. The summed E-state index contributed by atoms with van der Waals surface area (Å²) < 4.78 is 0. The van der Waals surface area contributed by atoms with Crippen molar-refractivity contribution in [2.45, 2.75) is 45.6 Å². The molecule has 0 saturated carbocycles. The standard InChI is InChI=1S/C16H22N2O2/c1-3-15(19)17-14-9-7-13(8-10-14)16(20)18-11-5-4-6-12(18)2/h7-10,12H,3-6,11H2,1-2H3,(H,17,19)/t12-/m1/s1. The molecular formula is C16H22N2O2. The number of benzene rings is 1. The summed E-state index contributed by atoms with van der Waals surface area (Å²) in [7, 11) is 0. The van der Waals surface area contributed by atoms with E-state index >= 15 is 0 Å². The molecule has 0 aromatic heterocycles. The molecular weight excluding hydrogens is 252 g/mol. The van der Waals surface area contributed by atoms with Gasteiger partial charge in [-0.2, -0.15) is 0 Å². The Hall–Kier alpha value is -1.84. The lowest BCUT2D eigenvalue weighted by Gasteiger charge is -2.33. The monoisotopic (exact) mass is 274 g/mol. The summed E-state index contributed by atoms with van der Waals surface area (Å²) in [6, 6.07) is 7.46. The topological polar surface area (TPSA) is 49.4 Å². The van der Waals surface area contributed by atoms with Crippen LogP contribution in [0.5, 0.6) is 0 Å². The van der Waals surface area contributed by atoms with Crippen molar-refractivity contribution in [2.75, 3.05) is 11.9 Å². The number of amides is 2. The molecule has 1 aromatic carbocycles. The van der Waals surface area contributed by atoms with E-state index in [0.29, 0.717) is 18.0 Å². The number of nitrogens with one attached hydrogen (secondary N) is 1. The summed E-state index contributed by atoms with van der Waals surface area (Å²) in [5.41, 5.74) is 1.42. The minimum absolute atomic E-state index is 0.0197. The van der Waals surface area contributed by atoms with Crippen molar-refractivity contribution in [1.82, 2.24) is 4.90 Å². The van der Waals surface area contributed by atoms with Crippen molar-refractivity contribution in [3.63, 3.8) is 0 Å². The smallest absolute Gasteiger partial charge is 0.254 e. The first-order chi connectivity index (χ1) is 9.61. The van der Waals surface area contributed by atoms with E-state index < -0.39 is 0 Å². The molecule has 1 heterocycles. The maximum Gasteiger partial charge on any atom is 0.254 e. The number of nitrogens with zero attached hydrogens (tertiary/aromatic N) is 1. The fourth-order valence-electron chi connectivity index (χ4n) is 2.51. The van der Waals surface area contributed by atoms with Crippen molar-refractivity contribution in [3.05, 3.63) is 29.8 Å². The first-order valence-electron chi connectivity index (χ1n) is 7.32. The van der Waals surface area contributed by atoms with E-state index in [1.807, 2.05) is 11.8 Å². The third-order valence-corrected chi connectivity index (χ3v) is 3.80. The Morgan fingerprint density at radius 2 is 1.95 bits per heavy atom. The molecule has 0 aliphatic carbocycles. The van der Waals surface area contributed by atoms with Crippen molar-refractivity contribution in [3.8, 4) is 0 Å². The second-order valence-corrected chi connectivity index (χ2v) is 5.32. The zero-order valence-electron chi connectivity index (χ0n) is 12.2. The van der Waals surface area contributed by atoms with Crippen LogP contribution in [0.4, 0.5) is 5.69 Å². The SMILES string of the molecule is CCC(=O)Nc1ccc(C(=O)N2CCCC[C@H]2C)cc1. The van der Waals surface area contributed by atoms with Crippen LogP contribution < -0.4 is 5.32 Å². The van der Waals surface area contributed by atoms with E-state index in [0.717, 1.165) is 25.1 Å². The Morgan fingerprint density at radius 3 is 2.55 bits per heavy atom. The number of piperidine rings is 1. The number of hydrogen-bond donors (Lipinski definition) is 1. The zero-order valence-corrected chi connectivity index (χ0v) is 12.2. The van der Waals surface area contributed by atoms with Crippen LogP contribution in [0.3, 0.4) is 0 Å². The molecule has 1 aliphatic heterocycles. The highest BCUT2D eigenvalue weighted by atomic mass is 16.2. The average molecular weight is 274 g/mol. The summed E-state index contributed by atoms with van der Waals surface area (Å²) in [6.45, 7) is 4.76. The minimum atomic E-state index is -0.0197. The van der Waals surface area contributed by atoms with Crippen LogP contribution in [-0.2, 0) is 4.79 Å². The van der Waals surface area contributed by atoms with Gasteiger partial charge in [-0.25, -0.2) is 0 Å². The van der Waals surface area contributed by atoms with Gasteiger partial charge in [0.15, 0.2) is 0 Å². The molecule has 0 unspecified atom stereocenters. The van der Waals surface area contributed by atoms with Gasteiger partial charge in [0.05, 0.1) is 0 Å². The number of carbonyl (C=O) groups excluding carboxylic acids is 2. The first kappa shape index (κ1) is 14.6. The predicted octanol–water partition coefficient (Wildman–Crippen LogP) is 3.05. The third kappa shape index (κ3) is 3.38.